The number of fused-ring (bicyclic) bond motifs is 1. The van der Waals surface area contributed by atoms with E-state index in [1.54, 1.807) is 0 Å². The summed E-state index contributed by atoms with van der Waals surface area (Å²) in [6.45, 7) is 6.85. The monoisotopic (exact) mass is 293 g/mol. The second-order valence-corrected chi connectivity index (χ2v) is 6.64. The van der Waals surface area contributed by atoms with Gasteiger partial charge in [-0.1, -0.05) is 6.42 Å². The average molecular weight is 293 g/mol. The van der Waals surface area contributed by atoms with E-state index in [1.807, 2.05) is 13.8 Å². The Bertz CT molecular complexity index is 474. The summed E-state index contributed by atoms with van der Waals surface area (Å²) in [6.07, 6.45) is 5.60. The van der Waals surface area contributed by atoms with E-state index < -0.39 is 5.60 Å². The van der Waals surface area contributed by atoms with Crippen LogP contribution >= 0.6 is 0 Å². The molecule has 3 N–H and O–H groups in total. The molecule has 0 bridgehead atoms. The van der Waals surface area contributed by atoms with Crippen LogP contribution in [0.1, 0.15) is 56.7 Å². The molecule has 0 unspecified atom stereocenters. The smallest absolute Gasteiger partial charge is 0.167 e. The molecule has 2 fully saturated rings. The number of aromatic nitrogens is 3. The van der Waals surface area contributed by atoms with Crippen molar-refractivity contribution >= 4 is 0 Å². The molecule has 6 heteroatoms. The van der Waals surface area contributed by atoms with Gasteiger partial charge in [-0.2, -0.15) is 5.10 Å². The third-order valence-corrected chi connectivity index (χ3v) is 5.01. The predicted molar refractivity (Wildman–Crippen MR) is 80.9 cm³/mol. The minimum atomic E-state index is -0.613. The van der Waals surface area contributed by atoms with Crippen molar-refractivity contribution in [3.05, 3.63) is 11.6 Å². The van der Waals surface area contributed by atoms with Gasteiger partial charge in [0.05, 0.1) is 11.6 Å². The van der Waals surface area contributed by atoms with Crippen LogP contribution in [-0.2, 0) is 0 Å². The van der Waals surface area contributed by atoms with Crippen molar-refractivity contribution in [2.75, 3.05) is 19.6 Å². The van der Waals surface area contributed by atoms with Gasteiger partial charge < -0.3 is 10.4 Å². The lowest BCUT2D eigenvalue weighted by Gasteiger charge is -2.49. The van der Waals surface area contributed by atoms with Gasteiger partial charge in [0.1, 0.15) is 5.82 Å². The van der Waals surface area contributed by atoms with Crippen LogP contribution in [-0.4, -0.2) is 56.5 Å². The molecule has 1 aromatic heterocycles. The fourth-order valence-corrected chi connectivity index (χ4v) is 3.80. The van der Waals surface area contributed by atoms with Gasteiger partial charge in [0.2, 0.25) is 0 Å². The van der Waals surface area contributed by atoms with Crippen molar-refractivity contribution in [1.29, 1.82) is 0 Å². The van der Waals surface area contributed by atoms with E-state index in [-0.39, 0.29) is 6.04 Å². The Morgan fingerprint density at radius 1 is 1.43 bits per heavy atom. The second-order valence-electron chi connectivity index (χ2n) is 6.64. The Balaban J connectivity index is 1.62. The van der Waals surface area contributed by atoms with E-state index in [2.05, 4.69) is 25.4 Å². The molecule has 6 nitrogen and oxygen atoms in total. The Labute approximate surface area is 126 Å². The summed E-state index contributed by atoms with van der Waals surface area (Å²) in [5.74, 6) is 1.60. The SMILES string of the molecule is Cc1nc([C@H](C)NC[C@]2(O)CCCN3CCCC[C@@H]32)n[nH]1. The van der Waals surface area contributed by atoms with Gasteiger partial charge in [0.15, 0.2) is 5.82 Å². The summed E-state index contributed by atoms with van der Waals surface area (Å²) < 4.78 is 0. The first-order valence-corrected chi connectivity index (χ1v) is 8.17. The molecular weight excluding hydrogens is 266 g/mol. The molecule has 1 aromatic rings. The molecule has 21 heavy (non-hydrogen) atoms. The van der Waals surface area contributed by atoms with Crippen molar-refractivity contribution in [1.82, 2.24) is 25.4 Å². The number of H-pyrrole nitrogens is 1. The Morgan fingerprint density at radius 3 is 3.00 bits per heavy atom. The van der Waals surface area contributed by atoms with Crippen molar-refractivity contribution in [3.63, 3.8) is 0 Å². The highest BCUT2D eigenvalue weighted by Crippen LogP contribution is 2.34. The number of hydrogen-bond acceptors (Lipinski definition) is 5. The van der Waals surface area contributed by atoms with Gasteiger partial charge >= 0.3 is 0 Å². The molecule has 2 aliphatic heterocycles. The molecule has 3 rings (SSSR count). The van der Waals surface area contributed by atoms with Gasteiger partial charge in [0, 0.05) is 12.6 Å². The minimum absolute atomic E-state index is 0.0537. The molecule has 2 aliphatic rings. The Kier molecular flexibility index (Phi) is 4.28. The first kappa shape index (κ1) is 14.9. The number of nitrogens with zero attached hydrogens (tertiary/aromatic N) is 3. The number of aromatic amines is 1. The van der Waals surface area contributed by atoms with Gasteiger partial charge in [-0.05, 0) is 52.6 Å². The first-order chi connectivity index (χ1) is 10.1. The zero-order valence-electron chi connectivity index (χ0n) is 13.1. The average Bonchev–Trinajstić information content (AvgIpc) is 2.92. The lowest BCUT2D eigenvalue weighted by molar-refractivity contribution is -0.0928. The molecule has 0 amide bonds. The summed E-state index contributed by atoms with van der Waals surface area (Å²) in [6, 6.07) is 0.367. The summed E-state index contributed by atoms with van der Waals surface area (Å²) in [7, 11) is 0. The minimum Gasteiger partial charge on any atom is -0.387 e. The lowest BCUT2D eigenvalue weighted by Crippen LogP contribution is -2.62. The van der Waals surface area contributed by atoms with Crippen LogP contribution in [0.2, 0.25) is 0 Å². The normalized spacial score (nSPS) is 31.9. The molecule has 0 radical (unpaired) electrons. The number of rotatable bonds is 4. The fourth-order valence-electron chi connectivity index (χ4n) is 3.80. The van der Waals surface area contributed by atoms with Gasteiger partial charge in [0.25, 0.3) is 0 Å². The van der Waals surface area contributed by atoms with E-state index in [0.29, 0.717) is 12.6 Å². The molecule has 2 saturated heterocycles. The zero-order valence-corrected chi connectivity index (χ0v) is 13.1. The van der Waals surface area contributed by atoms with Crippen molar-refractivity contribution in [2.24, 2.45) is 0 Å². The van der Waals surface area contributed by atoms with Gasteiger partial charge in [-0.25, -0.2) is 4.98 Å². The maximum atomic E-state index is 11.1. The topological polar surface area (TPSA) is 77.1 Å². The lowest BCUT2D eigenvalue weighted by atomic mass is 9.79. The van der Waals surface area contributed by atoms with E-state index in [4.69, 9.17) is 0 Å². The highest BCUT2D eigenvalue weighted by atomic mass is 16.3. The maximum Gasteiger partial charge on any atom is 0.167 e. The van der Waals surface area contributed by atoms with E-state index >= 15 is 0 Å². The van der Waals surface area contributed by atoms with Crippen LogP contribution < -0.4 is 5.32 Å². The van der Waals surface area contributed by atoms with Crippen LogP contribution in [0.4, 0.5) is 0 Å². The highest BCUT2D eigenvalue weighted by Gasteiger charge is 2.43. The number of nitrogens with one attached hydrogen (secondary N) is 2. The van der Waals surface area contributed by atoms with Crippen LogP contribution in [0, 0.1) is 6.92 Å². The molecule has 0 spiro atoms. The van der Waals surface area contributed by atoms with E-state index in [1.165, 1.54) is 12.8 Å². The molecule has 118 valence electrons. The number of piperidine rings is 2. The molecule has 0 saturated carbocycles. The zero-order chi connectivity index (χ0) is 14.9. The molecule has 3 heterocycles. The third-order valence-electron chi connectivity index (χ3n) is 5.01. The highest BCUT2D eigenvalue weighted by molar-refractivity contribution is 5.01. The Morgan fingerprint density at radius 2 is 2.24 bits per heavy atom. The first-order valence-electron chi connectivity index (χ1n) is 8.17. The fraction of sp³-hybridized carbons (Fsp3) is 0.867. The van der Waals surface area contributed by atoms with Gasteiger partial charge in [-0.15, -0.1) is 0 Å². The maximum absolute atomic E-state index is 11.1. The van der Waals surface area contributed by atoms with E-state index in [9.17, 15) is 5.11 Å². The van der Waals surface area contributed by atoms with Crippen molar-refractivity contribution in [3.8, 4) is 0 Å². The van der Waals surface area contributed by atoms with Crippen LogP contribution in [0.5, 0.6) is 0 Å². The number of hydrogen-bond donors (Lipinski definition) is 3. The molecular formula is C15H27N5O. The predicted octanol–water partition coefficient (Wildman–Crippen LogP) is 1.14. The molecule has 3 atom stereocenters. The summed E-state index contributed by atoms with van der Waals surface area (Å²) in [4.78, 5) is 6.84. The number of aliphatic hydroxyl groups is 1. The summed E-state index contributed by atoms with van der Waals surface area (Å²) in [5.41, 5.74) is -0.613. The summed E-state index contributed by atoms with van der Waals surface area (Å²) in [5, 5.41) is 21.6. The van der Waals surface area contributed by atoms with Gasteiger partial charge in [-0.3, -0.25) is 10.00 Å². The Hall–Kier alpha value is -0.980. The molecule has 0 aromatic carbocycles. The quantitative estimate of drug-likeness (QED) is 0.776. The van der Waals surface area contributed by atoms with E-state index in [0.717, 1.165) is 44.0 Å². The summed E-state index contributed by atoms with van der Waals surface area (Å²) >= 11 is 0. The van der Waals surface area contributed by atoms with Crippen LogP contribution in [0.3, 0.4) is 0 Å². The van der Waals surface area contributed by atoms with Crippen LogP contribution in [0.15, 0.2) is 0 Å². The largest absolute Gasteiger partial charge is 0.387 e. The van der Waals surface area contributed by atoms with Crippen molar-refractivity contribution < 1.29 is 5.11 Å². The second kappa shape index (κ2) is 6.02. The standard InChI is InChI=1S/C15H27N5O/c1-11(14-17-12(2)18-19-14)16-10-15(21)7-5-9-20-8-4-3-6-13(15)20/h11,13,16,21H,3-10H2,1-2H3,(H,17,18,19)/t11-,13+,15+/m0/s1. The van der Waals surface area contributed by atoms with Crippen molar-refractivity contribution in [2.45, 2.75) is 63.6 Å². The van der Waals surface area contributed by atoms with Crippen LogP contribution in [0.25, 0.3) is 0 Å². The molecule has 0 aliphatic carbocycles. The third kappa shape index (κ3) is 3.12. The number of aryl methyl sites for hydroxylation is 1.